The number of carbonyl (C=O) groups excluding carboxylic acids is 2. The van der Waals surface area contributed by atoms with E-state index in [1.807, 2.05) is 0 Å². The van der Waals surface area contributed by atoms with Crippen LogP contribution in [0.25, 0.3) is 6.08 Å². The Balaban J connectivity index is 1.86. The highest BCUT2D eigenvalue weighted by atomic mass is 79.9. The zero-order valence-corrected chi connectivity index (χ0v) is 17.8. The Morgan fingerprint density at radius 1 is 1.21 bits per heavy atom. The van der Waals surface area contributed by atoms with Crippen LogP contribution in [0.1, 0.15) is 11.1 Å². The van der Waals surface area contributed by atoms with Gasteiger partial charge in [-0.2, -0.15) is 0 Å². The number of amides is 2. The third-order valence-electron chi connectivity index (χ3n) is 4.09. The van der Waals surface area contributed by atoms with Crippen LogP contribution < -0.4 is 9.47 Å². The number of carbonyl (C=O) groups is 2. The van der Waals surface area contributed by atoms with E-state index in [1.165, 1.54) is 32.4 Å². The molecule has 0 aliphatic carbocycles. The van der Waals surface area contributed by atoms with Gasteiger partial charge in [-0.15, -0.1) is 0 Å². The van der Waals surface area contributed by atoms with Crippen molar-refractivity contribution in [2.24, 2.45) is 0 Å². The molecular weight excluding hydrogens is 464 g/mol. The van der Waals surface area contributed by atoms with E-state index in [0.29, 0.717) is 27.1 Å². The first-order chi connectivity index (χ1) is 13.8. The Morgan fingerprint density at radius 2 is 1.97 bits per heavy atom. The molecule has 10 heteroatoms. The summed E-state index contributed by atoms with van der Waals surface area (Å²) in [5.74, 6) is 0.532. The molecule has 0 spiro atoms. The molecule has 1 aliphatic heterocycles. The summed E-state index contributed by atoms with van der Waals surface area (Å²) >= 11 is 4.20. The molecule has 0 aromatic heterocycles. The second-order valence-electron chi connectivity index (χ2n) is 5.93. The fraction of sp³-hybridized carbons (Fsp3) is 0.158. The molecule has 2 aromatic carbocycles. The monoisotopic (exact) mass is 478 g/mol. The summed E-state index contributed by atoms with van der Waals surface area (Å²) in [7, 11) is 3.02. The smallest absolute Gasteiger partial charge is 0.293 e. The molecule has 1 heterocycles. The number of rotatable bonds is 6. The number of non-ortho nitro benzene ring substituents is 1. The highest BCUT2D eigenvalue weighted by Gasteiger charge is 2.35. The number of imide groups is 1. The number of ether oxygens (including phenoxy) is 2. The number of hydrogen-bond donors (Lipinski definition) is 0. The van der Waals surface area contributed by atoms with Crippen LogP contribution in [0, 0.1) is 10.1 Å². The normalized spacial score (nSPS) is 15.1. The summed E-state index contributed by atoms with van der Waals surface area (Å²) in [4.78, 5) is 36.8. The molecule has 1 saturated heterocycles. The number of methoxy groups -OCH3 is 2. The van der Waals surface area contributed by atoms with Gasteiger partial charge in [-0.05, 0) is 57.0 Å². The number of nitrogens with zero attached hydrogens (tertiary/aromatic N) is 2. The lowest BCUT2D eigenvalue weighted by Crippen LogP contribution is -2.27. The summed E-state index contributed by atoms with van der Waals surface area (Å²) in [6.07, 6.45) is 1.59. The maximum Gasteiger partial charge on any atom is 0.293 e. The number of hydrogen-bond acceptors (Lipinski definition) is 7. The lowest BCUT2D eigenvalue weighted by Gasteiger charge is -2.12. The SMILES string of the molecule is COc1cc(C=C2SC(=O)N(Cc3cccc([N+](=O)[O-])c3)C2=O)cc(Br)c1OC. The second-order valence-corrected chi connectivity index (χ2v) is 7.78. The fourth-order valence-corrected chi connectivity index (χ4v) is 4.22. The molecule has 0 N–H and O–H groups in total. The number of halogens is 1. The second kappa shape index (κ2) is 8.66. The molecule has 150 valence electrons. The van der Waals surface area contributed by atoms with Crippen LogP contribution in [0.2, 0.25) is 0 Å². The minimum atomic E-state index is -0.522. The molecule has 3 rings (SSSR count). The van der Waals surface area contributed by atoms with Gasteiger partial charge in [-0.25, -0.2) is 0 Å². The quantitative estimate of drug-likeness (QED) is 0.339. The molecule has 29 heavy (non-hydrogen) atoms. The van der Waals surface area contributed by atoms with Gasteiger partial charge in [0.15, 0.2) is 11.5 Å². The fourth-order valence-electron chi connectivity index (χ4n) is 2.76. The third kappa shape index (κ3) is 4.43. The molecule has 0 bridgehead atoms. The number of nitro groups is 1. The Kier molecular flexibility index (Phi) is 6.23. The molecule has 8 nitrogen and oxygen atoms in total. The van der Waals surface area contributed by atoms with E-state index in [-0.39, 0.29) is 17.1 Å². The zero-order valence-electron chi connectivity index (χ0n) is 15.4. The van der Waals surface area contributed by atoms with Crippen molar-refractivity contribution < 1.29 is 24.0 Å². The Hall–Kier alpha value is -2.85. The zero-order chi connectivity index (χ0) is 21.1. The first-order valence-electron chi connectivity index (χ1n) is 8.24. The average Bonchev–Trinajstić information content (AvgIpc) is 2.95. The van der Waals surface area contributed by atoms with Crippen LogP contribution in [0.4, 0.5) is 10.5 Å². The van der Waals surface area contributed by atoms with Crippen LogP contribution in [0.3, 0.4) is 0 Å². The van der Waals surface area contributed by atoms with E-state index in [1.54, 1.807) is 24.3 Å². The molecule has 2 aromatic rings. The van der Waals surface area contributed by atoms with Crippen LogP contribution in [-0.4, -0.2) is 35.2 Å². The van der Waals surface area contributed by atoms with Crippen LogP contribution >= 0.6 is 27.7 Å². The highest BCUT2D eigenvalue weighted by Crippen LogP contribution is 2.39. The van der Waals surface area contributed by atoms with E-state index < -0.39 is 16.1 Å². The van der Waals surface area contributed by atoms with Crippen molar-refractivity contribution >= 4 is 50.6 Å². The summed E-state index contributed by atoms with van der Waals surface area (Å²) in [5, 5.41) is 10.5. The van der Waals surface area contributed by atoms with Gasteiger partial charge in [0.05, 0.1) is 35.1 Å². The van der Waals surface area contributed by atoms with Gasteiger partial charge in [0.1, 0.15) is 0 Å². The van der Waals surface area contributed by atoms with Crippen LogP contribution in [0.15, 0.2) is 45.8 Å². The molecule has 1 aliphatic rings. The van der Waals surface area contributed by atoms with E-state index in [2.05, 4.69) is 15.9 Å². The number of nitro benzene ring substituents is 1. The summed E-state index contributed by atoms with van der Waals surface area (Å²) < 4.78 is 11.2. The summed E-state index contributed by atoms with van der Waals surface area (Å²) in [6, 6.07) is 9.29. The van der Waals surface area contributed by atoms with Gasteiger partial charge >= 0.3 is 0 Å². The van der Waals surface area contributed by atoms with E-state index in [0.717, 1.165) is 16.7 Å². The minimum Gasteiger partial charge on any atom is -0.493 e. The van der Waals surface area contributed by atoms with Crippen molar-refractivity contribution in [3.63, 3.8) is 0 Å². The van der Waals surface area contributed by atoms with Crippen molar-refractivity contribution in [3.05, 3.63) is 67.0 Å². The topological polar surface area (TPSA) is 99.0 Å². The maximum atomic E-state index is 12.7. The van der Waals surface area contributed by atoms with Crippen LogP contribution in [-0.2, 0) is 11.3 Å². The molecular formula is C19H15BrN2O6S. The molecule has 1 fully saturated rings. The predicted octanol–water partition coefficient (Wildman–Crippen LogP) is 4.61. The van der Waals surface area contributed by atoms with Gasteiger partial charge < -0.3 is 9.47 Å². The standard InChI is InChI=1S/C19H15BrN2O6S/c1-27-15-8-12(7-14(20)17(15)28-2)9-16-18(23)21(19(24)29-16)10-11-4-3-5-13(6-11)22(25)26/h3-9H,10H2,1-2H3. The third-order valence-corrected chi connectivity index (χ3v) is 5.59. The minimum absolute atomic E-state index is 0.0423. The average molecular weight is 479 g/mol. The summed E-state index contributed by atoms with van der Waals surface area (Å²) in [5.41, 5.74) is 1.05. The lowest BCUT2D eigenvalue weighted by atomic mass is 10.1. The van der Waals surface area contributed by atoms with Crippen LogP contribution in [0.5, 0.6) is 11.5 Å². The highest BCUT2D eigenvalue weighted by molar-refractivity contribution is 9.10. The first-order valence-corrected chi connectivity index (χ1v) is 9.85. The van der Waals surface area contributed by atoms with E-state index in [9.17, 15) is 19.7 Å². The number of benzene rings is 2. The summed E-state index contributed by atoms with van der Waals surface area (Å²) in [6.45, 7) is -0.0423. The number of thioether (sulfide) groups is 1. The van der Waals surface area contributed by atoms with Crippen molar-refractivity contribution in [1.29, 1.82) is 0 Å². The molecule has 0 saturated carbocycles. The van der Waals surface area contributed by atoms with E-state index in [4.69, 9.17) is 9.47 Å². The largest absolute Gasteiger partial charge is 0.493 e. The van der Waals surface area contributed by atoms with Gasteiger partial charge in [0.25, 0.3) is 16.8 Å². The van der Waals surface area contributed by atoms with Crippen molar-refractivity contribution in [2.45, 2.75) is 6.54 Å². The molecule has 0 atom stereocenters. The predicted molar refractivity (Wildman–Crippen MR) is 112 cm³/mol. The Labute approximate surface area is 178 Å². The Bertz CT molecular complexity index is 1040. The molecule has 2 amide bonds. The Morgan fingerprint density at radius 3 is 2.62 bits per heavy atom. The van der Waals surface area contributed by atoms with Gasteiger partial charge in [-0.1, -0.05) is 12.1 Å². The van der Waals surface area contributed by atoms with E-state index >= 15 is 0 Å². The molecule has 0 unspecified atom stereocenters. The van der Waals surface area contributed by atoms with Gasteiger partial charge in [0, 0.05) is 12.1 Å². The van der Waals surface area contributed by atoms with Crippen molar-refractivity contribution in [2.75, 3.05) is 14.2 Å². The molecule has 0 radical (unpaired) electrons. The van der Waals surface area contributed by atoms with Gasteiger partial charge in [-0.3, -0.25) is 24.6 Å². The van der Waals surface area contributed by atoms with Crippen molar-refractivity contribution in [1.82, 2.24) is 4.90 Å². The maximum absolute atomic E-state index is 12.7. The van der Waals surface area contributed by atoms with Gasteiger partial charge in [0.2, 0.25) is 0 Å². The lowest BCUT2D eigenvalue weighted by molar-refractivity contribution is -0.384. The van der Waals surface area contributed by atoms with Crippen molar-refractivity contribution in [3.8, 4) is 11.5 Å². The first kappa shape index (κ1) is 20.9.